The summed E-state index contributed by atoms with van der Waals surface area (Å²) in [6.07, 6.45) is 0.275. The molecule has 40 heavy (non-hydrogen) atoms. The second-order valence-corrected chi connectivity index (χ2v) is 10.6. The standard InChI is InChI=1S/C30H35F2N3O5/c1-5-20-11-13-21(14-12-20)19(2)33-27(37)24-17-22(36)18-35(24)28(38)26(30(3,4)16-15-25(31)32)34-29(39)40-23-9-7-6-8-10-23/h1,6-14,19,22,24-26,36H,15-18H2,2-4H3,(H,33,37)(H,34,39)/t19-,22+,24-,26?/m0/s1. The Labute approximate surface area is 233 Å². The van der Waals surface area contributed by atoms with Gasteiger partial charge in [-0.15, -0.1) is 6.42 Å². The normalized spacial score (nSPS) is 18.5. The fourth-order valence-corrected chi connectivity index (χ4v) is 4.69. The molecule has 10 heteroatoms. The first-order chi connectivity index (χ1) is 18.9. The van der Waals surface area contributed by atoms with E-state index in [-0.39, 0.29) is 25.1 Å². The highest BCUT2D eigenvalue weighted by atomic mass is 19.3. The summed E-state index contributed by atoms with van der Waals surface area (Å²) in [5.74, 6) is 1.59. The summed E-state index contributed by atoms with van der Waals surface area (Å²) in [4.78, 5) is 41.1. The van der Waals surface area contributed by atoms with E-state index in [1.54, 1.807) is 75.4 Å². The molecule has 214 valence electrons. The fraction of sp³-hybridized carbons (Fsp3) is 0.433. The molecular weight excluding hydrogens is 520 g/mol. The van der Waals surface area contributed by atoms with E-state index in [1.807, 2.05) is 0 Å². The molecule has 0 spiro atoms. The molecule has 0 aromatic heterocycles. The van der Waals surface area contributed by atoms with Crippen LogP contribution >= 0.6 is 0 Å². The van der Waals surface area contributed by atoms with Crippen molar-refractivity contribution in [3.05, 3.63) is 65.7 Å². The number of ether oxygens (including phenoxy) is 1. The number of amides is 3. The summed E-state index contributed by atoms with van der Waals surface area (Å²) >= 11 is 0. The molecule has 8 nitrogen and oxygen atoms in total. The lowest BCUT2D eigenvalue weighted by Gasteiger charge is -2.37. The first kappa shape index (κ1) is 30.6. The zero-order valence-corrected chi connectivity index (χ0v) is 22.8. The number of halogens is 2. The molecule has 1 heterocycles. The third-order valence-corrected chi connectivity index (χ3v) is 7.05. The van der Waals surface area contributed by atoms with Gasteiger partial charge in [0.05, 0.1) is 12.1 Å². The molecule has 0 saturated carbocycles. The van der Waals surface area contributed by atoms with Gasteiger partial charge in [0.25, 0.3) is 0 Å². The lowest BCUT2D eigenvalue weighted by Crippen LogP contribution is -2.58. The van der Waals surface area contributed by atoms with Gasteiger partial charge in [0.2, 0.25) is 18.2 Å². The van der Waals surface area contributed by atoms with Crippen LogP contribution in [0.1, 0.15) is 57.2 Å². The Morgan fingerprint density at radius 2 is 1.77 bits per heavy atom. The Kier molecular flexibility index (Phi) is 10.2. The molecule has 1 aliphatic heterocycles. The summed E-state index contributed by atoms with van der Waals surface area (Å²) < 4.78 is 31.5. The molecule has 2 aromatic rings. The Morgan fingerprint density at radius 1 is 1.12 bits per heavy atom. The van der Waals surface area contributed by atoms with Gasteiger partial charge in [-0.2, -0.15) is 0 Å². The number of β-amino-alcohol motifs (C(OH)–C–C–N with tert-alkyl or cyclic N) is 1. The van der Waals surface area contributed by atoms with Crippen LogP contribution in [0.3, 0.4) is 0 Å². The first-order valence-electron chi connectivity index (χ1n) is 13.1. The molecule has 3 amide bonds. The second-order valence-electron chi connectivity index (χ2n) is 10.6. The Morgan fingerprint density at radius 3 is 2.38 bits per heavy atom. The van der Waals surface area contributed by atoms with E-state index >= 15 is 0 Å². The summed E-state index contributed by atoms with van der Waals surface area (Å²) in [6.45, 7) is 4.80. The summed E-state index contributed by atoms with van der Waals surface area (Å²) in [6, 6.07) is 12.5. The average Bonchev–Trinajstić information content (AvgIpc) is 3.32. The monoisotopic (exact) mass is 555 g/mol. The van der Waals surface area contributed by atoms with Gasteiger partial charge in [-0.05, 0) is 48.6 Å². The van der Waals surface area contributed by atoms with E-state index in [1.165, 1.54) is 4.90 Å². The third-order valence-electron chi connectivity index (χ3n) is 7.05. The quantitative estimate of drug-likeness (QED) is 0.384. The molecule has 0 aliphatic carbocycles. The van der Waals surface area contributed by atoms with Crippen molar-refractivity contribution in [3.63, 3.8) is 0 Å². The lowest BCUT2D eigenvalue weighted by atomic mass is 9.79. The number of aliphatic hydroxyl groups excluding tert-OH is 1. The maximum absolute atomic E-state index is 13.9. The minimum Gasteiger partial charge on any atom is -0.410 e. The van der Waals surface area contributed by atoms with Gasteiger partial charge in [-0.25, -0.2) is 13.6 Å². The van der Waals surface area contributed by atoms with Gasteiger partial charge in [0, 0.05) is 24.9 Å². The van der Waals surface area contributed by atoms with Crippen molar-refractivity contribution in [3.8, 4) is 18.1 Å². The van der Waals surface area contributed by atoms with Crippen LogP contribution < -0.4 is 15.4 Å². The molecule has 0 radical (unpaired) electrons. The van der Waals surface area contributed by atoms with Crippen LogP contribution in [-0.2, 0) is 9.59 Å². The Hall–Kier alpha value is -3.97. The largest absolute Gasteiger partial charge is 0.413 e. The molecule has 4 atom stereocenters. The van der Waals surface area contributed by atoms with Crippen LogP contribution in [0.15, 0.2) is 54.6 Å². The van der Waals surface area contributed by atoms with Crippen LogP contribution in [-0.4, -0.2) is 59.1 Å². The summed E-state index contributed by atoms with van der Waals surface area (Å²) in [7, 11) is 0. The van der Waals surface area contributed by atoms with Crippen molar-refractivity contribution < 1.29 is 33.0 Å². The van der Waals surface area contributed by atoms with Gasteiger partial charge in [-0.1, -0.05) is 50.1 Å². The van der Waals surface area contributed by atoms with Crippen molar-refractivity contribution in [1.82, 2.24) is 15.5 Å². The molecule has 1 aliphatic rings. The Bertz CT molecular complexity index is 1210. The number of benzene rings is 2. The number of rotatable bonds is 10. The highest BCUT2D eigenvalue weighted by Gasteiger charge is 2.46. The molecule has 1 fully saturated rings. The number of para-hydroxylation sites is 1. The number of hydrogen-bond acceptors (Lipinski definition) is 5. The minimum absolute atomic E-state index is 0.0149. The topological polar surface area (TPSA) is 108 Å². The number of aliphatic hydroxyl groups is 1. The van der Waals surface area contributed by atoms with Crippen LogP contribution in [0.2, 0.25) is 0 Å². The second kappa shape index (κ2) is 13.4. The van der Waals surface area contributed by atoms with Crippen molar-refractivity contribution in [1.29, 1.82) is 0 Å². The number of carbonyl (C=O) groups excluding carboxylic acids is 3. The smallest absolute Gasteiger partial charge is 0.410 e. The van der Waals surface area contributed by atoms with Crippen molar-refractivity contribution in [2.24, 2.45) is 5.41 Å². The van der Waals surface area contributed by atoms with Crippen LogP contribution in [0.5, 0.6) is 5.75 Å². The van der Waals surface area contributed by atoms with Crippen LogP contribution in [0, 0.1) is 17.8 Å². The molecule has 2 aromatic carbocycles. The van der Waals surface area contributed by atoms with E-state index in [9.17, 15) is 28.3 Å². The number of likely N-dealkylation sites (tertiary alicyclic amines) is 1. The number of nitrogens with one attached hydrogen (secondary N) is 2. The first-order valence-corrected chi connectivity index (χ1v) is 13.1. The number of hydrogen-bond donors (Lipinski definition) is 3. The van der Waals surface area contributed by atoms with Crippen molar-refractivity contribution >= 4 is 17.9 Å². The molecule has 3 rings (SSSR count). The van der Waals surface area contributed by atoms with Crippen LogP contribution in [0.25, 0.3) is 0 Å². The van der Waals surface area contributed by atoms with Crippen LogP contribution in [0.4, 0.5) is 13.6 Å². The van der Waals surface area contributed by atoms with Gasteiger partial charge in [0.1, 0.15) is 17.8 Å². The van der Waals surface area contributed by atoms with Crippen molar-refractivity contribution in [2.45, 2.75) is 70.7 Å². The van der Waals surface area contributed by atoms with Crippen molar-refractivity contribution in [2.75, 3.05) is 6.54 Å². The Balaban J connectivity index is 1.80. The SMILES string of the molecule is C#Cc1ccc([C@H](C)NC(=O)[C@@H]2C[C@@H](O)CN2C(=O)C(NC(=O)Oc2ccccc2)C(C)(C)CCC(F)F)cc1. The number of terminal acetylenes is 1. The third kappa shape index (κ3) is 8.02. The maximum Gasteiger partial charge on any atom is 0.413 e. The fourth-order valence-electron chi connectivity index (χ4n) is 4.69. The number of nitrogens with zero attached hydrogens (tertiary/aromatic N) is 1. The van der Waals surface area contributed by atoms with E-state index in [4.69, 9.17) is 11.2 Å². The maximum atomic E-state index is 13.9. The number of carbonyl (C=O) groups is 3. The van der Waals surface area contributed by atoms with Gasteiger partial charge in [0.15, 0.2) is 0 Å². The predicted octanol–water partition coefficient (Wildman–Crippen LogP) is 4.04. The zero-order chi connectivity index (χ0) is 29.4. The highest BCUT2D eigenvalue weighted by Crippen LogP contribution is 2.32. The zero-order valence-electron chi connectivity index (χ0n) is 22.8. The van der Waals surface area contributed by atoms with E-state index in [0.717, 1.165) is 5.56 Å². The lowest BCUT2D eigenvalue weighted by molar-refractivity contribution is -0.142. The van der Waals surface area contributed by atoms with E-state index in [0.29, 0.717) is 5.56 Å². The highest BCUT2D eigenvalue weighted by molar-refractivity contribution is 5.92. The predicted molar refractivity (Wildman–Crippen MR) is 145 cm³/mol. The summed E-state index contributed by atoms with van der Waals surface area (Å²) in [5.41, 5.74) is 0.348. The van der Waals surface area contributed by atoms with E-state index < -0.39 is 60.4 Å². The van der Waals surface area contributed by atoms with Gasteiger partial charge < -0.3 is 25.4 Å². The molecular formula is C30H35F2N3O5. The number of alkyl halides is 2. The molecule has 3 N–H and O–H groups in total. The summed E-state index contributed by atoms with van der Waals surface area (Å²) in [5, 5.41) is 15.8. The van der Waals surface area contributed by atoms with Gasteiger partial charge >= 0.3 is 6.09 Å². The molecule has 1 saturated heterocycles. The molecule has 0 bridgehead atoms. The molecule has 1 unspecified atom stereocenters. The average molecular weight is 556 g/mol. The minimum atomic E-state index is -2.60. The van der Waals surface area contributed by atoms with Gasteiger partial charge in [-0.3, -0.25) is 9.59 Å². The van der Waals surface area contributed by atoms with E-state index in [2.05, 4.69) is 16.6 Å².